The number of aliphatic hydroxyl groups excluding tert-OH is 1. The minimum atomic E-state index is -0.170. The molecule has 2 aromatic heterocycles. The van der Waals surface area contributed by atoms with E-state index in [1.54, 1.807) is 6.20 Å². The average Bonchev–Trinajstić information content (AvgIpc) is 3.33. The highest BCUT2D eigenvalue weighted by Gasteiger charge is 2.61. The molecule has 2 bridgehead atoms. The number of nitrogens with zero attached hydrogens (tertiary/aromatic N) is 5. The normalized spacial score (nSPS) is 31.5. The van der Waals surface area contributed by atoms with Crippen molar-refractivity contribution in [1.82, 2.24) is 24.2 Å². The summed E-state index contributed by atoms with van der Waals surface area (Å²) in [6.07, 6.45) is 3.94. The first-order valence-corrected chi connectivity index (χ1v) is 10.7. The van der Waals surface area contributed by atoms with Gasteiger partial charge in [0, 0.05) is 69.1 Å². The Morgan fingerprint density at radius 3 is 2.87 bits per heavy atom. The van der Waals surface area contributed by atoms with E-state index in [1.807, 2.05) is 18.3 Å². The van der Waals surface area contributed by atoms with E-state index in [0.29, 0.717) is 5.92 Å². The predicted molar refractivity (Wildman–Crippen MR) is 113 cm³/mol. The number of fused-ring (bicyclic) bond motifs is 2. The molecule has 6 rings (SSSR count). The summed E-state index contributed by atoms with van der Waals surface area (Å²) in [5.74, 6) is 1.35. The van der Waals surface area contributed by atoms with Crippen LogP contribution in [0.2, 0.25) is 0 Å². The zero-order chi connectivity index (χ0) is 20.3. The number of hydrogen-bond acceptors (Lipinski definition) is 6. The third-order valence-electron chi connectivity index (χ3n) is 7.17. The van der Waals surface area contributed by atoms with Crippen molar-refractivity contribution in [2.24, 2.45) is 11.8 Å². The van der Waals surface area contributed by atoms with Gasteiger partial charge in [-0.3, -0.25) is 9.30 Å². The van der Waals surface area contributed by atoms with Gasteiger partial charge in [0.05, 0.1) is 23.1 Å². The lowest BCUT2D eigenvalue weighted by molar-refractivity contribution is -0.119. The van der Waals surface area contributed by atoms with Crippen LogP contribution >= 0.6 is 0 Å². The second kappa shape index (κ2) is 6.85. The first-order valence-electron chi connectivity index (χ1n) is 10.7. The molecule has 0 amide bonds. The number of ether oxygens (including phenoxy) is 1. The van der Waals surface area contributed by atoms with Gasteiger partial charge in [0.2, 0.25) is 5.78 Å². The van der Waals surface area contributed by atoms with E-state index >= 15 is 0 Å². The Labute approximate surface area is 175 Å². The van der Waals surface area contributed by atoms with Crippen LogP contribution in [0.5, 0.6) is 0 Å². The highest BCUT2D eigenvalue weighted by atomic mass is 16.5. The Morgan fingerprint density at radius 1 is 1.17 bits per heavy atom. The van der Waals surface area contributed by atoms with Crippen molar-refractivity contribution >= 4 is 5.78 Å². The van der Waals surface area contributed by atoms with Crippen molar-refractivity contribution in [3.63, 3.8) is 0 Å². The van der Waals surface area contributed by atoms with Crippen LogP contribution in [-0.2, 0) is 11.3 Å². The third kappa shape index (κ3) is 2.73. The van der Waals surface area contributed by atoms with Gasteiger partial charge in [0.25, 0.3) is 0 Å². The molecule has 30 heavy (non-hydrogen) atoms. The van der Waals surface area contributed by atoms with Crippen molar-refractivity contribution in [2.45, 2.75) is 18.2 Å². The average molecular weight is 406 g/mol. The van der Waals surface area contributed by atoms with Gasteiger partial charge in [-0.1, -0.05) is 30.3 Å². The number of morpholine rings is 1. The number of likely N-dealkylation sites (N-methyl/N-ethyl adjacent to an activating group) is 1. The minimum Gasteiger partial charge on any atom is -0.396 e. The van der Waals surface area contributed by atoms with Crippen molar-refractivity contribution < 1.29 is 9.84 Å². The molecule has 1 N–H and O–H groups in total. The van der Waals surface area contributed by atoms with Crippen LogP contribution in [-0.4, -0.2) is 80.8 Å². The molecule has 3 aliphatic heterocycles. The molecular weight excluding hydrogens is 378 g/mol. The third-order valence-corrected chi connectivity index (χ3v) is 7.17. The Kier molecular flexibility index (Phi) is 4.21. The van der Waals surface area contributed by atoms with Crippen molar-refractivity contribution in [3.8, 4) is 11.3 Å². The molecule has 3 saturated heterocycles. The Bertz CT molecular complexity index is 1070. The van der Waals surface area contributed by atoms with Crippen LogP contribution in [0.15, 0.2) is 48.8 Å². The van der Waals surface area contributed by atoms with Crippen LogP contribution in [0, 0.1) is 11.8 Å². The maximum absolute atomic E-state index is 10.1. The van der Waals surface area contributed by atoms with Gasteiger partial charge in [0.15, 0.2) is 0 Å². The smallest absolute Gasteiger partial charge is 0.234 e. The molecule has 4 atom stereocenters. The van der Waals surface area contributed by atoms with Crippen LogP contribution < -0.4 is 0 Å². The highest BCUT2D eigenvalue weighted by molar-refractivity contribution is 5.65. The number of rotatable bonds is 4. The number of benzene rings is 1. The standard InChI is InChI=1S/C23H27N5O2/c1-26-10-18-17(13-29)20-12-27(15-23(18,14-26)30-20)11-19-21(16-6-3-2-4-7-16)25-22-24-8-5-9-28(19)22/h2-9,17-18,20,29H,10-15H2,1H3/t17-,18+,20+,23-/m0/s1. The lowest BCUT2D eigenvalue weighted by atomic mass is 9.83. The summed E-state index contributed by atoms with van der Waals surface area (Å²) in [5.41, 5.74) is 3.09. The maximum atomic E-state index is 10.1. The molecular formula is C23H27N5O2. The second-order valence-electron chi connectivity index (χ2n) is 9.10. The van der Waals surface area contributed by atoms with Gasteiger partial charge in [-0.15, -0.1) is 0 Å². The van der Waals surface area contributed by atoms with Crippen LogP contribution in [0.4, 0.5) is 0 Å². The number of imidazole rings is 1. The van der Waals surface area contributed by atoms with Crippen LogP contribution in [0.25, 0.3) is 17.0 Å². The van der Waals surface area contributed by atoms with Gasteiger partial charge < -0.3 is 14.7 Å². The van der Waals surface area contributed by atoms with E-state index in [9.17, 15) is 5.11 Å². The molecule has 7 heteroatoms. The zero-order valence-electron chi connectivity index (χ0n) is 17.2. The van der Waals surface area contributed by atoms with Crippen LogP contribution in [0.3, 0.4) is 0 Å². The molecule has 3 aromatic rings. The maximum Gasteiger partial charge on any atom is 0.234 e. The molecule has 1 aromatic carbocycles. The fraction of sp³-hybridized carbons (Fsp3) is 0.478. The molecule has 0 saturated carbocycles. The van der Waals surface area contributed by atoms with Gasteiger partial charge in [-0.05, 0) is 13.1 Å². The summed E-state index contributed by atoms with van der Waals surface area (Å²) in [5, 5.41) is 10.1. The minimum absolute atomic E-state index is 0.0972. The summed E-state index contributed by atoms with van der Waals surface area (Å²) < 4.78 is 8.67. The topological polar surface area (TPSA) is 66.1 Å². The summed E-state index contributed by atoms with van der Waals surface area (Å²) >= 11 is 0. The quantitative estimate of drug-likeness (QED) is 0.710. The van der Waals surface area contributed by atoms with E-state index in [0.717, 1.165) is 55.5 Å². The lowest BCUT2D eigenvalue weighted by Crippen LogP contribution is -2.53. The first-order chi connectivity index (χ1) is 14.7. The molecule has 156 valence electrons. The molecule has 1 spiro atoms. The van der Waals surface area contributed by atoms with E-state index < -0.39 is 0 Å². The summed E-state index contributed by atoms with van der Waals surface area (Å²) in [6.45, 7) is 4.65. The molecule has 3 fully saturated rings. The summed E-state index contributed by atoms with van der Waals surface area (Å²) in [6, 6.07) is 12.3. The van der Waals surface area contributed by atoms with Crippen molar-refractivity contribution in [2.75, 3.05) is 39.8 Å². The Balaban J connectivity index is 1.38. The Hall–Kier alpha value is -2.32. The largest absolute Gasteiger partial charge is 0.396 e. The molecule has 0 radical (unpaired) electrons. The van der Waals surface area contributed by atoms with E-state index in [1.165, 1.54) is 0 Å². The van der Waals surface area contributed by atoms with Crippen molar-refractivity contribution in [1.29, 1.82) is 0 Å². The number of likely N-dealkylation sites (tertiary alicyclic amines) is 2. The number of aromatic nitrogens is 3. The monoisotopic (exact) mass is 405 g/mol. The fourth-order valence-electron chi connectivity index (χ4n) is 6.00. The predicted octanol–water partition coefficient (Wildman–Crippen LogP) is 1.52. The molecule has 7 nitrogen and oxygen atoms in total. The Morgan fingerprint density at radius 2 is 2.03 bits per heavy atom. The molecule has 3 aliphatic rings. The molecule has 0 aliphatic carbocycles. The molecule has 5 heterocycles. The lowest BCUT2D eigenvalue weighted by Gasteiger charge is -2.40. The van der Waals surface area contributed by atoms with Crippen molar-refractivity contribution in [3.05, 3.63) is 54.5 Å². The SMILES string of the molecule is CN1C[C@@H]2[C@H](CO)[C@H]3CN(Cc4c(-c5ccccc5)nc5ncccn45)C[C@]2(C1)O3. The van der Waals surface area contributed by atoms with Crippen LogP contribution in [0.1, 0.15) is 5.69 Å². The van der Waals surface area contributed by atoms with Gasteiger partial charge >= 0.3 is 0 Å². The van der Waals surface area contributed by atoms with Gasteiger partial charge in [-0.2, -0.15) is 0 Å². The number of hydrogen-bond donors (Lipinski definition) is 1. The number of aliphatic hydroxyl groups is 1. The summed E-state index contributed by atoms with van der Waals surface area (Å²) in [4.78, 5) is 14.2. The van der Waals surface area contributed by atoms with E-state index in [2.05, 4.69) is 50.5 Å². The first kappa shape index (κ1) is 18.4. The molecule has 0 unspecified atom stereocenters. The van der Waals surface area contributed by atoms with Gasteiger partial charge in [0.1, 0.15) is 0 Å². The van der Waals surface area contributed by atoms with E-state index in [4.69, 9.17) is 9.72 Å². The highest BCUT2D eigenvalue weighted by Crippen LogP contribution is 2.49. The van der Waals surface area contributed by atoms with E-state index in [-0.39, 0.29) is 24.2 Å². The van der Waals surface area contributed by atoms with Gasteiger partial charge in [-0.25, -0.2) is 9.97 Å². The second-order valence-corrected chi connectivity index (χ2v) is 9.10. The fourth-order valence-corrected chi connectivity index (χ4v) is 6.00. The zero-order valence-corrected chi connectivity index (χ0v) is 17.2. The summed E-state index contributed by atoms with van der Waals surface area (Å²) in [7, 11) is 2.16.